The summed E-state index contributed by atoms with van der Waals surface area (Å²) in [6.07, 6.45) is 2.03. The molecule has 0 aromatic rings. The molecule has 3 heterocycles. The number of hydrogen-bond acceptors (Lipinski definition) is 6. The monoisotopic (exact) mass is 270 g/mol. The first-order valence-electron chi connectivity index (χ1n) is 5.48. The molecule has 2 N–H and O–H groups in total. The van der Waals surface area contributed by atoms with Crippen LogP contribution in [0.1, 0.15) is 12.6 Å². The van der Waals surface area contributed by atoms with Crippen LogP contribution in [0.2, 0.25) is 5.28 Å². The number of aliphatic hydroxyl groups is 2. The molecule has 0 radical (unpaired) electrons. The maximum Gasteiger partial charge on any atom is 0.225 e. The van der Waals surface area contributed by atoms with Crippen molar-refractivity contribution in [1.29, 1.82) is 0 Å². The van der Waals surface area contributed by atoms with Crippen molar-refractivity contribution < 1.29 is 14.9 Å². The number of halogens is 1. The molecule has 0 aromatic heterocycles. The van der Waals surface area contributed by atoms with Gasteiger partial charge >= 0.3 is 0 Å². The topological polar surface area (TPSA) is 93.3 Å². The van der Waals surface area contributed by atoms with Crippen molar-refractivity contribution in [1.82, 2.24) is 19.5 Å². The summed E-state index contributed by atoms with van der Waals surface area (Å²) in [5.74, 6) is 0.466. The van der Waals surface area contributed by atoms with Crippen molar-refractivity contribution in [3.63, 3.8) is 0 Å². The van der Waals surface area contributed by atoms with Gasteiger partial charge in [-0.2, -0.15) is 4.98 Å². The molecular weight excluding hydrogens is 260 g/mol. The first-order valence-corrected chi connectivity index (χ1v) is 5.86. The van der Waals surface area contributed by atoms with Gasteiger partial charge in [0.2, 0.25) is 5.28 Å². The van der Waals surface area contributed by atoms with Crippen molar-refractivity contribution in [3.05, 3.63) is 17.8 Å². The van der Waals surface area contributed by atoms with Crippen LogP contribution in [0, 0.1) is 0 Å². The number of imidazole rings is 1. The second-order valence-corrected chi connectivity index (χ2v) is 4.48. The van der Waals surface area contributed by atoms with Gasteiger partial charge in [-0.25, -0.2) is 9.97 Å². The van der Waals surface area contributed by atoms with Gasteiger partial charge in [0.25, 0.3) is 0 Å². The predicted octanol–water partition coefficient (Wildman–Crippen LogP) is 0.0720. The average Bonchev–Trinajstić information content (AvgIpc) is 2.89. The fourth-order valence-corrected chi connectivity index (χ4v) is 2.19. The molecule has 0 spiro atoms. The fraction of sp³-hybridized carbons (Fsp3) is 0.500. The van der Waals surface area contributed by atoms with Crippen LogP contribution < -0.4 is 0 Å². The molecule has 0 aromatic carbocycles. The van der Waals surface area contributed by atoms with Gasteiger partial charge in [0.15, 0.2) is 5.82 Å². The van der Waals surface area contributed by atoms with Gasteiger partial charge in [-0.3, -0.25) is 0 Å². The highest BCUT2D eigenvalue weighted by Crippen LogP contribution is 2.29. The lowest BCUT2D eigenvalue weighted by molar-refractivity contribution is -0.0448. The lowest BCUT2D eigenvalue weighted by atomic mass is 10.2. The third kappa shape index (κ3) is 1.95. The van der Waals surface area contributed by atoms with Gasteiger partial charge in [-0.05, 0) is 11.6 Å². The lowest BCUT2D eigenvalue weighted by Crippen LogP contribution is -2.24. The van der Waals surface area contributed by atoms with Gasteiger partial charge in [0.1, 0.15) is 18.0 Å². The Morgan fingerprint density at radius 2 is 2.33 bits per heavy atom. The van der Waals surface area contributed by atoms with Gasteiger partial charge in [-0.15, -0.1) is 0 Å². The van der Waals surface area contributed by atoms with Crippen molar-refractivity contribution in [2.75, 3.05) is 6.61 Å². The Morgan fingerprint density at radius 1 is 1.50 bits per heavy atom. The summed E-state index contributed by atoms with van der Waals surface area (Å²) in [6, 6.07) is 0. The van der Waals surface area contributed by atoms with Crippen LogP contribution in [0.15, 0.2) is 12.5 Å². The van der Waals surface area contributed by atoms with Crippen LogP contribution in [0.25, 0.3) is 11.5 Å². The van der Waals surface area contributed by atoms with E-state index >= 15 is 0 Å². The molecule has 0 bridgehead atoms. The molecule has 3 rings (SSSR count). The van der Waals surface area contributed by atoms with Crippen LogP contribution in [-0.4, -0.2) is 48.5 Å². The summed E-state index contributed by atoms with van der Waals surface area (Å²) in [5.41, 5.74) is 0.563. The van der Waals surface area contributed by atoms with E-state index in [2.05, 4.69) is 15.0 Å². The minimum atomic E-state index is -0.683. The molecule has 1 fully saturated rings. The SMILES string of the molecule is OC[C@H]1OC(n2cnc3nc(Cl)nc-3c2)C[C@@H]1O. The third-order valence-corrected chi connectivity index (χ3v) is 3.11. The second kappa shape index (κ2) is 4.43. The molecule has 3 aliphatic rings. The molecule has 0 saturated carbocycles. The molecule has 7 nitrogen and oxygen atoms in total. The molecule has 1 unspecified atom stereocenters. The average molecular weight is 271 g/mol. The van der Waals surface area contributed by atoms with Gasteiger partial charge in [-0.1, -0.05) is 0 Å². The van der Waals surface area contributed by atoms with E-state index in [0.29, 0.717) is 17.9 Å². The van der Waals surface area contributed by atoms with Gasteiger partial charge in [0.05, 0.1) is 19.0 Å². The number of aliphatic hydroxyl groups excluding tert-OH is 2. The summed E-state index contributed by atoms with van der Waals surface area (Å²) >= 11 is 5.69. The fourth-order valence-electron chi connectivity index (χ4n) is 2.02. The Balaban J connectivity index is 1.89. The molecule has 18 heavy (non-hydrogen) atoms. The smallest absolute Gasteiger partial charge is 0.225 e. The molecule has 0 aliphatic carbocycles. The Hall–Kier alpha value is -1.28. The van der Waals surface area contributed by atoms with Crippen LogP contribution in [0.4, 0.5) is 0 Å². The van der Waals surface area contributed by atoms with Crippen LogP contribution in [-0.2, 0) is 4.74 Å². The van der Waals surface area contributed by atoms with Crippen molar-refractivity contribution in [2.24, 2.45) is 0 Å². The first-order chi connectivity index (χ1) is 8.67. The predicted molar refractivity (Wildman–Crippen MR) is 61.1 cm³/mol. The molecular formula is C10H11ClN4O3. The maximum absolute atomic E-state index is 9.67. The Kier molecular flexibility index (Phi) is 2.90. The standard InChI is InChI=1S/C10H11ClN4O3/c11-10-13-5-2-15(4-12-9(5)14-10)8-1-6(17)7(3-16)18-8/h2,4,6-8,16-17H,1,3H2/t6-,7+,8?/m0/s1. The van der Waals surface area contributed by atoms with Gasteiger partial charge in [0, 0.05) is 12.6 Å². The zero-order valence-corrected chi connectivity index (χ0v) is 10.0. The van der Waals surface area contributed by atoms with E-state index in [1.807, 2.05) is 0 Å². The van der Waals surface area contributed by atoms with Crippen molar-refractivity contribution in [3.8, 4) is 11.5 Å². The molecule has 8 heteroatoms. The van der Waals surface area contributed by atoms with E-state index in [9.17, 15) is 5.11 Å². The number of ether oxygens (including phenoxy) is 1. The molecule has 1 saturated heterocycles. The van der Waals surface area contributed by atoms with Crippen LogP contribution >= 0.6 is 11.6 Å². The number of rotatable bonds is 2. The summed E-state index contributed by atoms with van der Waals surface area (Å²) in [5, 5.41) is 18.8. The van der Waals surface area contributed by atoms with E-state index in [1.165, 1.54) is 0 Å². The minimum Gasteiger partial charge on any atom is -0.394 e. The number of aromatic nitrogens is 4. The molecule has 96 valence electrons. The highest BCUT2D eigenvalue weighted by molar-refractivity contribution is 6.28. The minimum absolute atomic E-state index is 0.149. The van der Waals surface area contributed by atoms with E-state index in [4.69, 9.17) is 21.4 Å². The van der Waals surface area contributed by atoms with E-state index < -0.39 is 12.2 Å². The normalized spacial score (nSPS) is 28.1. The largest absolute Gasteiger partial charge is 0.394 e. The number of hydrogen-bond donors (Lipinski definition) is 2. The maximum atomic E-state index is 9.67. The summed E-state index contributed by atoms with van der Waals surface area (Å²) in [6.45, 7) is -0.212. The number of nitrogens with zero attached hydrogens (tertiary/aromatic N) is 4. The van der Waals surface area contributed by atoms with Gasteiger partial charge < -0.3 is 19.5 Å². The third-order valence-electron chi connectivity index (χ3n) is 2.94. The first kappa shape index (κ1) is 11.8. The van der Waals surface area contributed by atoms with Crippen molar-refractivity contribution >= 4 is 11.6 Å². The Morgan fingerprint density at radius 3 is 3.06 bits per heavy atom. The quantitative estimate of drug-likeness (QED) is 0.750. The van der Waals surface area contributed by atoms with E-state index in [-0.39, 0.29) is 18.1 Å². The summed E-state index contributed by atoms with van der Waals surface area (Å²) in [7, 11) is 0. The highest BCUT2D eigenvalue weighted by atomic mass is 35.5. The Bertz CT molecular complexity index is 534. The Labute approximate surface area is 107 Å². The zero-order chi connectivity index (χ0) is 12.7. The second-order valence-electron chi connectivity index (χ2n) is 4.14. The van der Waals surface area contributed by atoms with Crippen LogP contribution in [0.5, 0.6) is 0 Å². The highest BCUT2D eigenvalue weighted by Gasteiger charge is 2.34. The lowest BCUT2D eigenvalue weighted by Gasteiger charge is -2.15. The molecule has 3 aliphatic heterocycles. The summed E-state index contributed by atoms with van der Waals surface area (Å²) < 4.78 is 7.19. The zero-order valence-electron chi connectivity index (χ0n) is 9.27. The van der Waals surface area contributed by atoms with E-state index in [1.54, 1.807) is 17.1 Å². The molecule has 3 atom stereocenters. The van der Waals surface area contributed by atoms with Crippen LogP contribution in [0.3, 0.4) is 0 Å². The molecule has 0 amide bonds. The number of fused-ring (bicyclic) bond motifs is 1. The summed E-state index contributed by atoms with van der Waals surface area (Å²) in [4.78, 5) is 12.0. The van der Waals surface area contributed by atoms with Crippen molar-refractivity contribution in [2.45, 2.75) is 24.9 Å². The van der Waals surface area contributed by atoms with E-state index in [0.717, 1.165) is 0 Å².